The lowest BCUT2D eigenvalue weighted by Gasteiger charge is -2.56. The summed E-state index contributed by atoms with van der Waals surface area (Å²) in [5.41, 5.74) is 4.05. The largest absolute Gasteiger partial charge is 0.345 e. The summed E-state index contributed by atoms with van der Waals surface area (Å²) in [6, 6.07) is 20.5. The first kappa shape index (κ1) is 20.7. The van der Waals surface area contributed by atoms with Crippen molar-refractivity contribution < 1.29 is 4.79 Å². The van der Waals surface area contributed by atoms with Gasteiger partial charge in [0.25, 0.3) is 5.91 Å². The highest BCUT2D eigenvalue weighted by atomic mass is 16.1. The molecule has 0 radical (unpaired) electrons. The summed E-state index contributed by atoms with van der Waals surface area (Å²) in [5, 5.41) is 8.50. The summed E-state index contributed by atoms with van der Waals surface area (Å²) in [4.78, 5) is 13.8. The molecule has 1 amide bonds. The molecule has 4 aliphatic carbocycles. The zero-order valence-electron chi connectivity index (χ0n) is 19.4. The molecule has 4 bridgehead atoms. The maximum absolute atomic E-state index is 13.8. The predicted octanol–water partition coefficient (Wildman–Crippen LogP) is 6.22. The third-order valence-corrected chi connectivity index (χ3v) is 8.44. The van der Waals surface area contributed by atoms with E-state index in [1.54, 1.807) is 0 Å². The average molecular weight is 440 g/mol. The molecule has 0 aliphatic heterocycles. The Morgan fingerprint density at radius 2 is 1.55 bits per heavy atom. The first-order valence-corrected chi connectivity index (χ1v) is 12.6. The van der Waals surface area contributed by atoms with Gasteiger partial charge in [0.1, 0.15) is 0 Å². The molecule has 4 fully saturated rings. The van der Waals surface area contributed by atoms with Crippen molar-refractivity contribution in [1.82, 2.24) is 15.1 Å². The zero-order valence-corrected chi connectivity index (χ0v) is 19.4. The SMILES string of the molecule is CCC(NC(=O)c1cn(-c2ccccc2)nc1C12CC3CC(CC(C3)C1)C2)c1ccccc1. The molecule has 1 atom stereocenters. The number of benzene rings is 2. The molecule has 1 aromatic heterocycles. The summed E-state index contributed by atoms with van der Waals surface area (Å²) in [6.45, 7) is 2.13. The zero-order chi connectivity index (χ0) is 22.4. The van der Waals surface area contributed by atoms with Crippen molar-refractivity contribution in [2.24, 2.45) is 17.8 Å². The third-order valence-electron chi connectivity index (χ3n) is 8.44. The van der Waals surface area contributed by atoms with Crippen molar-refractivity contribution in [3.63, 3.8) is 0 Å². The molecule has 7 rings (SSSR count). The Morgan fingerprint density at radius 3 is 2.12 bits per heavy atom. The Morgan fingerprint density at radius 1 is 0.970 bits per heavy atom. The van der Waals surface area contributed by atoms with Gasteiger partial charge in [-0.05, 0) is 80.4 Å². The molecule has 4 aliphatic rings. The number of nitrogens with zero attached hydrogens (tertiary/aromatic N) is 2. The maximum atomic E-state index is 13.8. The molecule has 2 aromatic carbocycles. The van der Waals surface area contributed by atoms with Crippen molar-refractivity contribution in [3.05, 3.63) is 83.7 Å². The minimum atomic E-state index is 0.00277. The van der Waals surface area contributed by atoms with E-state index in [0.29, 0.717) is 0 Å². The summed E-state index contributed by atoms with van der Waals surface area (Å²) < 4.78 is 1.94. The molecular weight excluding hydrogens is 406 g/mol. The van der Waals surface area contributed by atoms with Crippen LogP contribution < -0.4 is 5.32 Å². The monoisotopic (exact) mass is 439 g/mol. The van der Waals surface area contributed by atoms with Crippen LogP contribution in [-0.4, -0.2) is 15.7 Å². The normalized spacial score (nSPS) is 28.6. The van der Waals surface area contributed by atoms with E-state index >= 15 is 0 Å². The highest BCUT2D eigenvalue weighted by molar-refractivity contribution is 5.96. The van der Waals surface area contributed by atoms with Crippen LogP contribution in [0.2, 0.25) is 0 Å². The van der Waals surface area contributed by atoms with Crippen LogP contribution >= 0.6 is 0 Å². The van der Waals surface area contributed by atoms with Crippen LogP contribution in [0.3, 0.4) is 0 Å². The van der Waals surface area contributed by atoms with Gasteiger partial charge in [-0.3, -0.25) is 4.79 Å². The third kappa shape index (κ3) is 3.70. The highest BCUT2D eigenvalue weighted by Crippen LogP contribution is 2.60. The molecule has 170 valence electrons. The van der Waals surface area contributed by atoms with Crippen LogP contribution in [0.5, 0.6) is 0 Å². The van der Waals surface area contributed by atoms with E-state index in [1.165, 1.54) is 38.5 Å². The topological polar surface area (TPSA) is 46.9 Å². The number of carbonyl (C=O) groups is 1. The lowest BCUT2D eigenvalue weighted by molar-refractivity contribution is -0.00771. The lowest BCUT2D eigenvalue weighted by Crippen LogP contribution is -2.49. The second-order valence-electron chi connectivity index (χ2n) is 10.7. The van der Waals surface area contributed by atoms with Crippen LogP contribution in [0.4, 0.5) is 0 Å². The fourth-order valence-electron chi connectivity index (χ4n) is 7.39. The van der Waals surface area contributed by atoms with Crippen molar-refractivity contribution >= 4 is 5.91 Å². The molecule has 1 N–H and O–H groups in total. The molecule has 1 unspecified atom stereocenters. The first-order chi connectivity index (χ1) is 16.1. The van der Waals surface area contributed by atoms with Crippen LogP contribution in [0.25, 0.3) is 5.69 Å². The number of para-hydroxylation sites is 1. The van der Waals surface area contributed by atoms with E-state index in [2.05, 4.69) is 36.5 Å². The Kier molecular flexibility index (Phi) is 5.12. The van der Waals surface area contributed by atoms with E-state index in [-0.39, 0.29) is 17.4 Å². The first-order valence-electron chi connectivity index (χ1n) is 12.6. The Hall–Kier alpha value is -2.88. The molecule has 0 saturated heterocycles. The van der Waals surface area contributed by atoms with Crippen molar-refractivity contribution in [2.75, 3.05) is 0 Å². The molecule has 4 heteroatoms. The fraction of sp³-hybridized carbons (Fsp3) is 0.448. The van der Waals surface area contributed by atoms with E-state index in [4.69, 9.17) is 5.10 Å². The number of hydrogen-bond acceptors (Lipinski definition) is 2. The minimum absolute atomic E-state index is 0.00277. The summed E-state index contributed by atoms with van der Waals surface area (Å²) in [5.74, 6) is 2.43. The molecule has 4 nitrogen and oxygen atoms in total. The van der Waals surface area contributed by atoms with Crippen LogP contribution in [-0.2, 0) is 5.41 Å². The minimum Gasteiger partial charge on any atom is -0.345 e. The maximum Gasteiger partial charge on any atom is 0.255 e. The number of amides is 1. The van der Waals surface area contributed by atoms with Gasteiger partial charge in [-0.25, -0.2) is 4.68 Å². The van der Waals surface area contributed by atoms with Gasteiger partial charge in [0.15, 0.2) is 0 Å². The van der Waals surface area contributed by atoms with Crippen LogP contribution in [0.15, 0.2) is 66.9 Å². The molecule has 3 aromatic rings. The number of nitrogens with one attached hydrogen (secondary N) is 1. The number of rotatable bonds is 6. The summed E-state index contributed by atoms with van der Waals surface area (Å²) in [6.07, 6.45) is 10.6. The average Bonchev–Trinajstić information content (AvgIpc) is 3.30. The molecule has 1 heterocycles. The van der Waals surface area contributed by atoms with E-state index in [9.17, 15) is 4.79 Å². The summed E-state index contributed by atoms with van der Waals surface area (Å²) >= 11 is 0. The molecule has 33 heavy (non-hydrogen) atoms. The quantitative estimate of drug-likeness (QED) is 0.495. The smallest absolute Gasteiger partial charge is 0.255 e. The number of aromatic nitrogens is 2. The van der Waals surface area contributed by atoms with Gasteiger partial charge in [0.05, 0.1) is 23.0 Å². The number of carbonyl (C=O) groups excluding carboxylic acids is 1. The van der Waals surface area contributed by atoms with Gasteiger partial charge < -0.3 is 5.32 Å². The van der Waals surface area contributed by atoms with Crippen molar-refractivity contribution in [1.29, 1.82) is 0 Å². The van der Waals surface area contributed by atoms with Gasteiger partial charge in [-0.15, -0.1) is 0 Å². The Bertz CT molecular complexity index is 1100. The predicted molar refractivity (Wildman–Crippen MR) is 130 cm³/mol. The van der Waals surface area contributed by atoms with Gasteiger partial charge >= 0.3 is 0 Å². The fourth-order valence-corrected chi connectivity index (χ4v) is 7.39. The Balaban J connectivity index is 1.39. The summed E-state index contributed by atoms with van der Waals surface area (Å²) in [7, 11) is 0. The highest BCUT2D eigenvalue weighted by Gasteiger charge is 2.54. The van der Waals surface area contributed by atoms with Gasteiger partial charge in [-0.1, -0.05) is 55.5 Å². The van der Waals surface area contributed by atoms with Gasteiger partial charge in [0, 0.05) is 11.6 Å². The van der Waals surface area contributed by atoms with E-state index in [1.807, 2.05) is 47.3 Å². The van der Waals surface area contributed by atoms with Crippen molar-refractivity contribution in [3.8, 4) is 5.69 Å². The van der Waals surface area contributed by atoms with E-state index in [0.717, 1.165) is 46.7 Å². The van der Waals surface area contributed by atoms with Crippen LogP contribution in [0, 0.1) is 17.8 Å². The standard InChI is InChI=1S/C29H33N3O/c1-2-26(23-9-5-3-6-10-23)30-28(33)25-19-32(24-11-7-4-8-12-24)31-27(25)29-16-20-13-21(17-29)15-22(14-20)18-29/h3-12,19-22,26H,2,13-18H2,1H3,(H,30,33). The van der Waals surface area contributed by atoms with Crippen molar-refractivity contribution in [2.45, 2.75) is 63.3 Å². The lowest BCUT2D eigenvalue weighted by atomic mass is 9.48. The molecule has 0 spiro atoms. The van der Waals surface area contributed by atoms with E-state index < -0.39 is 0 Å². The molecule has 4 saturated carbocycles. The molecular formula is C29H33N3O. The second kappa shape index (κ2) is 8.16. The second-order valence-corrected chi connectivity index (χ2v) is 10.7. The number of hydrogen-bond donors (Lipinski definition) is 1. The van der Waals surface area contributed by atoms with Gasteiger partial charge in [0.2, 0.25) is 0 Å². The van der Waals surface area contributed by atoms with Gasteiger partial charge in [-0.2, -0.15) is 5.10 Å². The Labute approximate surface area is 196 Å². The van der Waals surface area contributed by atoms with Crippen LogP contribution in [0.1, 0.15) is 79.5 Å².